The molecule has 0 aliphatic carbocycles. The van der Waals surface area contributed by atoms with Crippen LogP contribution in [0.1, 0.15) is 31.7 Å². The summed E-state index contributed by atoms with van der Waals surface area (Å²) in [5.74, 6) is -1.83. The zero-order valence-corrected chi connectivity index (χ0v) is 12.7. The largest absolute Gasteiger partial charge is 0.397 e. The average molecular weight is 316 g/mol. The molecule has 1 rings (SSSR count). The topological polar surface area (TPSA) is 29.5 Å². The molecule has 2 unspecified atom stereocenters. The molecule has 22 heavy (non-hydrogen) atoms. The molecule has 5 heteroatoms. The van der Waals surface area contributed by atoms with Gasteiger partial charge in [-0.25, -0.2) is 0 Å². The maximum Gasteiger partial charge on any atom is 0.397 e. The van der Waals surface area contributed by atoms with Gasteiger partial charge in [-0.1, -0.05) is 62.2 Å². The number of alkyl halides is 3. The molecule has 0 saturated heterocycles. The quantitative estimate of drug-likeness (QED) is 0.537. The van der Waals surface area contributed by atoms with Crippen LogP contribution in [-0.2, 0) is 11.3 Å². The summed E-state index contributed by atoms with van der Waals surface area (Å²) in [6, 6.07) is 9.40. The van der Waals surface area contributed by atoms with Crippen molar-refractivity contribution >= 4 is 0 Å². The summed E-state index contributed by atoms with van der Waals surface area (Å²) in [7, 11) is 0. The van der Waals surface area contributed by atoms with Crippen LogP contribution in [0.2, 0.25) is 0 Å². The van der Waals surface area contributed by atoms with Crippen molar-refractivity contribution in [2.24, 2.45) is 5.92 Å². The van der Waals surface area contributed by atoms with Crippen LogP contribution < -0.4 is 0 Å². The minimum atomic E-state index is -4.44. The Morgan fingerprint density at radius 3 is 2.50 bits per heavy atom. The van der Waals surface area contributed by atoms with E-state index in [1.54, 1.807) is 0 Å². The second-order valence-corrected chi connectivity index (χ2v) is 5.21. The molecule has 0 heterocycles. The van der Waals surface area contributed by atoms with Gasteiger partial charge < -0.3 is 9.84 Å². The van der Waals surface area contributed by atoms with Crippen molar-refractivity contribution in [2.45, 2.75) is 45.1 Å². The van der Waals surface area contributed by atoms with Crippen LogP contribution in [0.25, 0.3) is 0 Å². The first-order valence-corrected chi connectivity index (χ1v) is 7.48. The zero-order chi connectivity index (χ0) is 16.4. The van der Waals surface area contributed by atoms with E-state index in [-0.39, 0.29) is 13.0 Å². The highest BCUT2D eigenvalue weighted by molar-refractivity contribution is 5.13. The van der Waals surface area contributed by atoms with Crippen LogP contribution in [-0.4, -0.2) is 24.0 Å². The molecular weight excluding hydrogens is 293 g/mol. The highest BCUT2D eigenvalue weighted by Crippen LogP contribution is 2.31. The highest BCUT2D eigenvalue weighted by atomic mass is 19.4. The molecule has 0 aliphatic rings. The van der Waals surface area contributed by atoms with E-state index >= 15 is 0 Å². The monoisotopic (exact) mass is 316 g/mol. The molecule has 124 valence electrons. The first kappa shape index (κ1) is 18.7. The van der Waals surface area contributed by atoms with Crippen molar-refractivity contribution in [1.29, 1.82) is 0 Å². The average Bonchev–Trinajstić information content (AvgIpc) is 2.48. The van der Waals surface area contributed by atoms with Gasteiger partial charge in [0.2, 0.25) is 0 Å². The van der Waals surface area contributed by atoms with Gasteiger partial charge in [0.1, 0.15) is 0 Å². The fraction of sp³-hybridized carbons (Fsp3) is 0.529. The standard InChI is InChI=1S/C17H23F3O2/c1-2-3-11-16(21)15(17(18,19)20)10-7-12-22-13-14-8-5-4-6-9-14/h4-10,15-16,21H,2-3,11-13H2,1H3/b10-7-. The number of hydrogen-bond donors (Lipinski definition) is 1. The van der Waals surface area contributed by atoms with Crippen LogP contribution >= 0.6 is 0 Å². The number of hydrogen-bond acceptors (Lipinski definition) is 2. The second kappa shape index (κ2) is 9.64. The number of aliphatic hydroxyl groups excluding tert-OH is 1. The van der Waals surface area contributed by atoms with E-state index in [0.717, 1.165) is 18.1 Å². The summed E-state index contributed by atoms with van der Waals surface area (Å²) in [6.45, 7) is 2.31. The number of halogens is 3. The number of aliphatic hydroxyl groups is 1. The van der Waals surface area contributed by atoms with E-state index in [1.165, 1.54) is 6.08 Å². The van der Waals surface area contributed by atoms with E-state index in [2.05, 4.69) is 0 Å². The molecule has 2 atom stereocenters. The zero-order valence-electron chi connectivity index (χ0n) is 12.7. The van der Waals surface area contributed by atoms with Crippen LogP contribution in [0, 0.1) is 5.92 Å². The molecular formula is C17H23F3O2. The third kappa shape index (κ3) is 7.09. The van der Waals surface area contributed by atoms with E-state index in [9.17, 15) is 18.3 Å². The molecule has 0 aliphatic heterocycles. The summed E-state index contributed by atoms with van der Waals surface area (Å²) < 4.78 is 44.1. The van der Waals surface area contributed by atoms with E-state index in [1.807, 2.05) is 37.3 Å². The number of ether oxygens (including phenoxy) is 1. The van der Waals surface area contributed by atoms with Gasteiger partial charge >= 0.3 is 6.18 Å². The maximum absolute atomic E-state index is 12.9. The lowest BCUT2D eigenvalue weighted by Crippen LogP contribution is -2.32. The predicted molar refractivity (Wildman–Crippen MR) is 80.3 cm³/mol. The Labute approximate surface area is 129 Å². The molecule has 2 nitrogen and oxygen atoms in total. The number of unbranched alkanes of at least 4 members (excludes halogenated alkanes) is 1. The molecule has 0 bridgehead atoms. The van der Waals surface area contributed by atoms with Crippen molar-refractivity contribution < 1.29 is 23.0 Å². The molecule has 0 radical (unpaired) electrons. The highest BCUT2D eigenvalue weighted by Gasteiger charge is 2.41. The third-order valence-corrected chi connectivity index (χ3v) is 3.31. The smallest absolute Gasteiger partial charge is 0.392 e. The molecule has 0 spiro atoms. The predicted octanol–water partition coefficient (Wildman–Crippen LogP) is 4.49. The van der Waals surface area contributed by atoms with Crippen molar-refractivity contribution in [3.05, 3.63) is 48.0 Å². The van der Waals surface area contributed by atoms with Crippen LogP contribution in [0.4, 0.5) is 13.2 Å². The van der Waals surface area contributed by atoms with Crippen molar-refractivity contribution in [1.82, 2.24) is 0 Å². The Kier molecular flexibility index (Phi) is 8.20. The maximum atomic E-state index is 12.9. The summed E-state index contributed by atoms with van der Waals surface area (Å²) >= 11 is 0. The Bertz CT molecular complexity index is 429. The summed E-state index contributed by atoms with van der Waals surface area (Å²) in [5.41, 5.74) is 0.964. The first-order chi connectivity index (χ1) is 10.4. The first-order valence-electron chi connectivity index (χ1n) is 7.48. The minimum Gasteiger partial charge on any atom is -0.392 e. The Hall–Kier alpha value is -1.33. The SMILES string of the molecule is CCCCC(O)C(/C=C\COCc1ccccc1)C(F)(F)F. The minimum absolute atomic E-state index is 0.0853. The number of rotatable bonds is 9. The molecule has 1 N–H and O–H groups in total. The molecule has 0 saturated carbocycles. The lowest BCUT2D eigenvalue weighted by atomic mass is 9.96. The summed E-state index contributed by atoms with van der Waals surface area (Å²) in [4.78, 5) is 0. The van der Waals surface area contributed by atoms with Gasteiger partial charge in [-0.3, -0.25) is 0 Å². The molecule has 1 aromatic carbocycles. The fourth-order valence-electron chi connectivity index (χ4n) is 2.07. The fourth-order valence-corrected chi connectivity index (χ4v) is 2.07. The Morgan fingerprint density at radius 2 is 1.91 bits per heavy atom. The van der Waals surface area contributed by atoms with Crippen LogP contribution in [0.15, 0.2) is 42.5 Å². The van der Waals surface area contributed by atoms with E-state index < -0.39 is 18.2 Å². The molecule has 0 amide bonds. The number of benzene rings is 1. The Morgan fingerprint density at radius 1 is 1.23 bits per heavy atom. The van der Waals surface area contributed by atoms with Gasteiger partial charge in [0.25, 0.3) is 0 Å². The normalized spacial score (nSPS) is 15.1. The molecule has 0 fully saturated rings. The lowest BCUT2D eigenvalue weighted by Gasteiger charge is -2.22. The van der Waals surface area contributed by atoms with Crippen LogP contribution in [0.5, 0.6) is 0 Å². The Balaban J connectivity index is 2.44. The van der Waals surface area contributed by atoms with E-state index in [4.69, 9.17) is 4.74 Å². The van der Waals surface area contributed by atoms with Gasteiger partial charge in [0.05, 0.1) is 25.2 Å². The van der Waals surface area contributed by atoms with Gasteiger partial charge in [0.15, 0.2) is 0 Å². The molecule has 0 aromatic heterocycles. The van der Waals surface area contributed by atoms with Gasteiger partial charge in [0, 0.05) is 0 Å². The van der Waals surface area contributed by atoms with Crippen molar-refractivity contribution in [2.75, 3.05) is 6.61 Å². The van der Waals surface area contributed by atoms with Gasteiger partial charge in [-0.05, 0) is 12.0 Å². The van der Waals surface area contributed by atoms with Crippen molar-refractivity contribution in [3.63, 3.8) is 0 Å². The van der Waals surface area contributed by atoms with Gasteiger partial charge in [-0.2, -0.15) is 13.2 Å². The second-order valence-electron chi connectivity index (χ2n) is 5.21. The van der Waals surface area contributed by atoms with Crippen molar-refractivity contribution in [3.8, 4) is 0 Å². The molecule has 1 aromatic rings. The lowest BCUT2D eigenvalue weighted by molar-refractivity contribution is -0.185. The summed E-state index contributed by atoms with van der Waals surface area (Å²) in [6.07, 6.45) is -2.02. The third-order valence-electron chi connectivity index (χ3n) is 3.31. The van der Waals surface area contributed by atoms with E-state index in [0.29, 0.717) is 13.0 Å². The van der Waals surface area contributed by atoms with Crippen LogP contribution in [0.3, 0.4) is 0 Å². The summed E-state index contributed by atoms with van der Waals surface area (Å²) in [5, 5.41) is 9.70. The van der Waals surface area contributed by atoms with Gasteiger partial charge in [-0.15, -0.1) is 0 Å².